The molecule has 156 valence electrons. The van der Waals surface area contributed by atoms with Gasteiger partial charge in [-0.15, -0.1) is 0 Å². The van der Waals surface area contributed by atoms with E-state index in [1.54, 1.807) is 18.3 Å². The summed E-state index contributed by atoms with van der Waals surface area (Å²) in [5, 5.41) is 14.3. The lowest BCUT2D eigenvalue weighted by molar-refractivity contribution is -0.131. The Labute approximate surface area is 175 Å². The first kappa shape index (κ1) is 19.9. The molecule has 0 radical (unpaired) electrons. The zero-order chi connectivity index (χ0) is 21.1. The van der Waals surface area contributed by atoms with Crippen molar-refractivity contribution < 1.29 is 9.90 Å². The number of carbonyl (C=O) groups excluding carboxylic acids is 1. The fourth-order valence-electron chi connectivity index (χ4n) is 3.72. The van der Waals surface area contributed by atoms with Gasteiger partial charge in [0.05, 0.1) is 5.56 Å². The minimum absolute atomic E-state index is 0.165. The van der Waals surface area contributed by atoms with Gasteiger partial charge in [0.2, 0.25) is 5.91 Å². The molecule has 1 aliphatic heterocycles. The van der Waals surface area contributed by atoms with Crippen LogP contribution in [-0.2, 0) is 18.3 Å². The summed E-state index contributed by atoms with van der Waals surface area (Å²) in [7, 11) is 1.89. The largest absolute Gasteiger partial charge is 0.507 e. The third kappa shape index (κ3) is 4.27. The molecule has 0 atom stereocenters. The predicted molar refractivity (Wildman–Crippen MR) is 114 cm³/mol. The first-order valence-corrected chi connectivity index (χ1v) is 10.1. The second-order valence-corrected chi connectivity index (χ2v) is 7.52. The van der Waals surface area contributed by atoms with Crippen LogP contribution >= 0.6 is 0 Å². The van der Waals surface area contributed by atoms with Crippen LogP contribution in [0.25, 0.3) is 11.4 Å². The van der Waals surface area contributed by atoms with Gasteiger partial charge in [0.25, 0.3) is 0 Å². The van der Waals surface area contributed by atoms with E-state index in [1.165, 1.54) is 0 Å². The summed E-state index contributed by atoms with van der Waals surface area (Å²) in [6, 6.07) is 11.0. The first-order chi connectivity index (χ1) is 14.5. The maximum absolute atomic E-state index is 12.6. The van der Waals surface area contributed by atoms with Gasteiger partial charge in [0, 0.05) is 63.3 Å². The van der Waals surface area contributed by atoms with E-state index in [1.807, 2.05) is 47.8 Å². The zero-order valence-corrected chi connectivity index (χ0v) is 17.3. The molecule has 0 aliphatic carbocycles. The minimum atomic E-state index is 0.165. The van der Waals surface area contributed by atoms with E-state index in [9.17, 15) is 9.90 Å². The number of benzene rings is 1. The summed E-state index contributed by atoms with van der Waals surface area (Å²) in [5.41, 5.74) is 2.52. The Morgan fingerprint density at radius 1 is 1.10 bits per heavy atom. The Morgan fingerprint density at radius 2 is 1.87 bits per heavy atom. The van der Waals surface area contributed by atoms with Gasteiger partial charge in [0.1, 0.15) is 11.6 Å². The number of hydrogen-bond acceptors (Lipinski definition) is 6. The molecule has 1 saturated heterocycles. The van der Waals surface area contributed by atoms with Crippen LogP contribution in [0, 0.1) is 6.92 Å². The van der Waals surface area contributed by atoms with Crippen molar-refractivity contribution in [2.45, 2.75) is 19.8 Å². The predicted octanol–water partition coefficient (Wildman–Crippen LogP) is 2.17. The molecular weight excluding hydrogens is 380 g/mol. The number of carbonyl (C=O) groups is 1. The standard InChI is InChI=1S/C22H26N6O2/c1-16-15-20(25-22(24-16)18-5-3-4-6-19(18)29)27-11-13-28(14-12-27)21(30)8-7-17-9-10-23-26(17)2/h3-6,9-10,15,29H,7-8,11-14H2,1-2H3. The molecule has 3 aromatic rings. The molecule has 0 saturated carbocycles. The topological polar surface area (TPSA) is 87.4 Å². The fourth-order valence-corrected chi connectivity index (χ4v) is 3.72. The summed E-state index contributed by atoms with van der Waals surface area (Å²) >= 11 is 0. The molecule has 8 nitrogen and oxygen atoms in total. The van der Waals surface area contributed by atoms with Gasteiger partial charge < -0.3 is 14.9 Å². The number of amides is 1. The molecule has 3 heterocycles. The number of anilines is 1. The van der Waals surface area contributed by atoms with Crippen molar-refractivity contribution >= 4 is 11.7 Å². The van der Waals surface area contributed by atoms with Gasteiger partial charge in [-0.1, -0.05) is 12.1 Å². The van der Waals surface area contributed by atoms with Crippen LogP contribution in [0.5, 0.6) is 5.75 Å². The maximum atomic E-state index is 12.6. The lowest BCUT2D eigenvalue weighted by atomic mass is 10.2. The average molecular weight is 406 g/mol. The van der Waals surface area contributed by atoms with Crippen molar-refractivity contribution in [1.82, 2.24) is 24.6 Å². The highest BCUT2D eigenvalue weighted by molar-refractivity contribution is 5.76. The van der Waals surface area contributed by atoms with Crippen molar-refractivity contribution in [2.75, 3.05) is 31.1 Å². The summed E-state index contributed by atoms with van der Waals surface area (Å²) < 4.78 is 1.81. The van der Waals surface area contributed by atoms with E-state index >= 15 is 0 Å². The number of nitrogens with zero attached hydrogens (tertiary/aromatic N) is 6. The lowest BCUT2D eigenvalue weighted by Crippen LogP contribution is -2.49. The molecule has 1 fully saturated rings. The molecule has 1 aliphatic rings. The van der Waals surface area contributed by atoms with Crippen molar-refractivity contribution in [3.8, 4) is 17.1 Å². The monoisotopic (exact) mass is 406 g/mol. The summed E-state index contributed by atoms with van der Waals surface area (Å²) in [5.74, 6) is 1.67. The second-order valence-electron chi connectivity index (χ2n) is 7.52. The van der Waals surface area contributed by atoms with E-state index in [2.05, 4.69) is 20.0 Å². The Morgan fingerprint density at radius 3 is 2.57 bits per heavy atom. The van der Waals surface area contributed by atoms with Gasteiger partial charge >= 0.3 is 0 Å². The van der Waals surface area contributed by atoms with Crippen LogP contribution in [0.3, 0.4) is 0 Å². The number of aromatic hydroxyl groups is 1. The van der Waals surface area contributed by atoms with E-state index < -0.39 is 0 Å². The molecule has 30 heavy (non-hydrogen) atoms. The molecule has 8 heteroatoms. The molecule has 0 unspecified atom stereocenters. The Balaban J connectivity index is 1.40. The molecule has 0 bridgehead atoms. The van der Waals surface area contributed by atoms with E-state index in [-0.39, 0.29) is 11.7 Å². The minimum Gasteiger partial charge on any atom is -0.507 e. The number of piperazine rings is 1. The number of hydrogen-bond donors (Lipinski definition) is 1. The molecule has 2 aromatic heterocycles. The smallest absolute Gasteiger partial charge is 0.223 e. The van der Waals surface area contributed by atoms with Crippen molar-refractivity contribution in [2.24, 2.45) is 7.05 Å². The highest BCUT2D eigenvalue weighted by Crippen LogP contribution is 2.28. The van der Waals surface area contributed by atoms with Gasteiger partial charge in [0.15, 0.2) is 5.82 Å². The number of aromatic nitrogens is 4. The quantitative estimate of drug-likeness (QED) is 0.699. The number of para-hydroxylation sites is 1. The second kappa shape index (κ2) is 8.52. The molecule has 1 N–H and O–H groups in total. The molecule has 1 aromatic carbocycles. The van der Waals surface area contributed by atoms with Crippen LogP contribution in [0.2, 0.25) is 0 Å². The van der Waals surface area contributed by atoms with Crippen LogP contribution < -0.4 is 4.90 Å². The average Bonchev–Trinajstić information content (AvgIpc) is 3.16. The Bertz CT molecular complexity index is 1040. The SMILES string of the molecule is Cc1cc(N2CCN(C(=O)CCc3ccnn3C)CC2)nc(-c2ccccc2O)n1. The lowest BCUT2D eigenvalue weighted by Gasteiger charge is -2.35. The maximum Gasteiger partial charge on any atom is 0.223 e. The fraction of sp³-hybridized carbons (Fsp3) is 0.364. The first-order valence-electron chi connectivity index (χ1n) is 10.1. The van der Waals surface area contributed by atoms with Gasteiger partial charge in [-0.05, 0) is 31.5 Å². The van der Waals surface area contributed by atoms with Gasteiger partial charge in [-0.25, -0.2) is 9.97 Å². The van der Waals surface area contributed by atoms with Crippen LogP contribution in [-0.4, -0.2) is 61.8 Å². The number of phenolic OH excluding ortho intramolecular Hbond substituents is 1. The Hall–Kier alpha value is -3.42. The Kier molecular flexibility index (Phi) is 5.65. The van der Waals surface area contributed by atoms with Gasteiger partial charge in [-0.2, -0.15) is 5.10 Å². The zero-order valence-electron chi connectivity index (χ0n) is 17.3. The molecule has 0 spiro atoms. The normalized spacial score (nSPS) is 14.2. The highest BCUT2D eigenvalue weighted by Gasteiger charge is 2.23. The van der Waals surface area contributed by atoms with Crippen LogP contribution in [0.4, 0.5) is 5.82 Å². The van der Waals surface area contributed by atoms with Crippen molar-refractivity contribution in [3.05, 3.63) is 54.0 Å². The van der Waals surface area contributed by atoms with Gasteiger partial charge in [-0.3, -0.25) is 9.48 Å². The third-order valence-electron chi connectivity index (χ3n) is 5.46. The summed E-state index contributed by atoms with van der Waals surface area (Å²) in [6.07, 6.45) is 2.94. The van der Waals surface area contributed by atoms with Crippen LogP contribution in [0.1, 0.15) is 17.8 Å². The van der Waals surface area contributed by atoms with E-state index in [0.717, 1.165) is 17.2 Å². The summed E-state index contributed by atoms with van der Waals surface area (Å²) in [6.45, 7) is 4.69. The van der Waals surface area contributed by atoms with E-state index in [4.69, 9.17) is 0 Å². The van der Waals surface area contributed by atoms with Crippen molar-refractivity contribution in [3.63, 3.8) is 0 Å². The van der Waals surface area contributed by atoms with Crippen LogP contribution in [0.15, 0.2) is 42.6 Å². The summed E-state index contributed by atoms with van der Waals surface area (Å²) in [4.78, 5) is 25.9. The molecule has 4 rings (SSSR count). The van der Waals surface area contributed by atoms with E-state index in [0.29, 0.717) is 50.4 Å². The number of aryl methyl sites for hydroxylation is 3. The highest BCUT2D eigenvalue weighted by atomic mass is 16.3. The third-order valence-corrected chi connectivity index (χ3v) is 5.46. The number of rotatable bonds is 5. The molecule has 1 amide bonds. The molecular formula is C22H26N6O2. The number of phenols is 1. The van der Waals surface area contributed by atoms with Crippen molar-refractivity contribution in [1.29, 1.82) is 0 Å².